The second-order valence-electron chi connectivity index (χ2n) is 2.40. The molecule has 0 rings (SSSR count). The summed E-state index contributed by atoms with van der Waals surface area (Å²) < 4.78 is 0. The first kappa shape index (κ1) is 9.43. The predicted molar refractivity (Wildman–Crippen MR) is 41.6 cm³/mol. The van der Waals surface area contributed by atoms with Gasteiger partial charge in [-0.05, 0) is 19.9 Å². The minimum absolute atomic E-state index is 0.214. The van der Waals surface area contributed by atoms with Gasteiger partial charge in [-0.15, -0.1) is 0 Å². The quantitative estimate of drug-likeness (QED) is 0.581. The lowest BCUT2D eigenvalue weighted by Gasteiger charge is -2.11. The van der Waals surface area contributed by atoms with Gasteiger partial charge in [0.05, 0.1) is 0 Å². The van der Waals surface area contributed by atoms with Crippen LogP contribution in [0.4, 0.5) is 0 Å². The molecule has 3 nitrogen and oxygen atoms in total. The summed E-state index contributed by atoms with van der Waals surface area (Å²) in [6.07, 6.45) is 2.38. The van der Waals surface area contributed by atoms with Crippen LogP contribution >= 0.6 is 0 Å². The van der Waals surface area contributed by atoms with Crippen LogP contribution in [0, 0.1) is 0 Å². The molecule has 1 unspecified atom stereocenters. The number of hydrogen-bond donors (Lipinski definition) is 2. The van der Waals surface area contributed by atoms with E-state index in [1.807, 2.05) is 7.05 Å². The molecule has 0 aromatic carbocycles. The molecular weight excluding hydrogens is 128 g/mol. The zero-order chi connectivity index (χ0) is 7.98. The van der Waals surface area contributed by atoms with Crippen LogP contribution in [0.5, 0.6) is 0 Å². The second kappa shape index (κ2) is 5.23. The van der Waals surface area contributed by atoms with Crippen molar-refractivity contribution in [2.24, 2.45) is 5.73 Å². The average molecular weight is 144 g/mol. The maximum Gasteiger partial charge on any atom is 0.217 e. The molecule has 0 aromatic heterocycles. The van der Waals surface area contributed by atoms with Crippen LogP contribution in [0.25, 0.3) is 0 Å². The number of amides is 1. The van der Waals surface area contributed by atoms with Crippen molar-refractivity contribution in [3.63, 3.8) is 0 Å². The minimum atomic E-state index is -0.214. The number of nitrogens with one attached hydrogen (secondary N) is 1. The van der Waals surface area contributed by atoms with Crippen LogP contribution in [-0.2, 0) is 4.79 Å². The van der Waals surface area contributed by atoms with E-state index in [9.17, 15) is 4.79 Å². The smallest absolute Gasteiger partial charge is 0.217 e. The van der Waals surface area contributed by atoms with Crippen molar-refractivity contribution in [1.82, 2.24) is 5.32 Å². The van der Waals surface area contributed by atoms with E-state index >= 15 is 0 Å². The standard InChI is InChI=1S/C7H16N2O/c1-3-6(9-2)4-5-7(8)10/h6,9H,3-5H2,1-2H3,(H2,8,10). The first-order chi connectivity index (χ1) is 4.70. The molecule has 0 aliphatic rings. The lowest BCUT2D eigenvalue weighted by atomic mass is 10.1. The summed E-state index contributed by atoms with van der Waals surface area (Å²) in [4.78, 5) is 10.3. The predicted octanol–water partition coefficient (Wildman–Crippen LogP) is 0.250. The van der Waals surface area contributed by atoms with Gasteiger partial charge in [0, 0.05) is 12.5 Å². The molecule has 0 aliphatic heterocycles. The summed E-state index contributed by atoms with van der Waals surface area (Å²) in [5.41, 5.74) is 4.98. The van der Waals surface area contributed by atoms with Gasteiger partial charge in [-0.25, -0.2) is 0 Å². The Bertz CT molecular complexity index is 99.8. The van der Waals surface area contributed by atoms with Gasteiger partial charge in [0.25, 0.3) is 0 Å². The largest absolute Gasteiger partial charge is 0.370 e. The molecule has 0 spiro atoms. The Morgan fingerprint density at radius 1 is 1.70 bits per heavy atom. The molecule has 0 aromatic rings. The van der Waals surface area contributed by atoms with Gasteiger partial charge >= 0.3 is 0 Å². The van der Waals surface area contributed by atoms with Crippen molar-refractivity contribution in [2.45, 2.75) is 32.2 Å². The zero-order valence-electron chi connectivity index (χ0n) is 6.68. The Balaban J connectivity index is 3.34. The molecule has 3 heteroatoms. The monoisotopic (exact) mass is 144 g/mol. The normalized spacial score (nSPS) is 13.0. The molecular formula is C7H16N2O. The zero-order valence-corrected chi connectivity index (χ0v) is 6.68. The molecule has 1 atom stereocenters. The van der Waals surface area contributed by atoms with Crippen molar-refractivity contribution in [1.29, 1.82) is 0 Å². The van der Waals surface area contributed by atoms with Crippen LogP contribution in [0.2, 0.25) is 0 Å². The van der Waals surface area contributed by atoms with Crippen LogP contribution in [-0.4, -0.2) is 19.0 Å². The van der Waals surface area contributed by atoms with Crippen molar-refractivity contribution in [2.75, 3.05) is 7.05 Å². The van der Waals surface area contributed by atoms with E-state index in [0.29, 0.717) is 12.5 Å². The Labute approximate surface area is 62.0 Å². The fourth-order valence-electron chi connectivity index (χ4n) is 0.869. The van der Waals surface area contributed by atoms with E-state index in [1.165, 1.54) is 0 Å². The molecule has 0 radical (unpaired) electrons. The lowest BCUT2D eigenvalue weighted by molar-refractivity contribution is -0.118. The van der Waals surface area contributed by atoms with Gasteiger partial charge in [-0.1, -0.05) is 6.92 Å². The number of hydrogen-bond acceptors (Lipinski definition) is 2. The summed E-state index contributed by atoms with van der Waals surface area (Å²) in [7, 11) is 1.90. The third kappa shape index (κ3) is 4.32. The van der Waals surface area contributed by atoms with Crippen molar-refractivity contribution < 1.29 is 4.79 Å². The summed E-state index contributed by atoms with van der Waals surface area (Å²) >= 11 is 0. The van der Waals surface area contributed by atoms with Crippen LogP contribution in [0.3, 0.4) is 0 Å². The van der Waals surface area contributed by atoms with Gasteiger partial charge in [-0.2, -0.15) is 0 Å². The number of rotatable bonds is 5. The first-order valence-electron chi connectivity index (χ1n) is 3.66. The topological polar surface area (TPSA) is 55.1 Å². The van der Waals surface area contributed by atoms with Gasteiger partial charge < -0.3 is 11.1 Å². The number of carbonyl (C=O) groups is 1. The van der Waals surface area contributed by atoms with Gasteiger partial charge in [0.2, 0.25) is 5.91 Å². The first-order valence-corrected chi connectivity index (χ1v) is 3.66. The number of carbonyl (C=O) groups excluding carboxylic acids is 1. The van der Waals surface area contributed by atoms with E-state index < -0.39 is 0 Å². The maximum absolute atomic E-state index is 10.3. The SMILES string of the molecule is CCC(CCC(N)=O)NC. The third-order valence-electron chi connectivity index (χ3n) is 1.64. The Kier molecular flexibility index (Phi) is 4.94. The number of primary amides is 1. The molecule has 0 heterocycles. The molecule has 0 aliphatic carbocycles. The highest BCUT2D eigenvalue weighted by molar-refractivity contribution is 5.73. The molecule has 0 saturated heterocycles. The summed E-state index contributed by atoms with van der Waals surface area (Å²) in [6, 6.07) is 0.437. The molecule has 0 bridgehead atoms. The van der Waals surface area contributed by atoms with Crippen LogP contribution in [0.1, 0.15) is 26.2 Å². The molecule has 10 heavy (non-hydrogen) atoms. The van der Waals surface area contributed by atoms with Crippen molar-refractivity contribution >= 4 is 5.91 Å². The van der Waals surface area contributed by atoms with Crippen LogP contribution in [0.15, 0.2) is 0 Å². The fraction of sp³-hybridized carbons (Fsp3) is 0.857. The van der Waals surface area contributed by atoms with E-state index in [1.54, 1.807) is 0 Å². The Morgan fingerprint density at radius 2 is 2.30 bits per heavy atom. The summed E-state index contributed by atoms with van der Waals surface area (Å²) in [6.45, 7) is 2.09. The molecule has 0 fully saturated rings. The molecule has 60 valence electrons. The Morgan fingerprint density at radius 3 is 2.60 bits per heavy atom. The van der Waals surface area contributed by atoms with Crippen molar-refractivity contribution in [3.8, 4) is 0 Å². The van der Waals surface area contributed by atoms with Crippen molar-refractivity contribution in [3.05, 3.63) is 0 Å². The van der Waals surface area contributed by atoms with E-state index in [4.69, 9.17) is 5.73 Å². The highest BCUT2D eigenvalue weighted by Gasteiger charge is 2.03. The highest BCUT2D eigenvalue weighted by atomic mass is 16.1. The van der Waals surface area contributed by atoms with E-state index in [0.717, 1.165) is 12.8 Å². The van der Waals surface area contributed by atoms with E-state index in [-0.39, 0.29) is 5.91 Å². The fourth-order valence-corrected chi connectivity index (χ4v) is 0.869. The number of nitrogens with two attached hydrogens (primary N) is 1. The highest BCUT2D eigenvalue weighted by Crippen LogP contribution is 1.99. The van der Waals surface area contributed by atoms with E-state index in [2.05, 4.69) is 12.2 Å². The minimum Gasteiger partial charge on any atom is -0.370 e. The Hall–Kier alpha value is -0.570. The maximum atomic E-state index is 10.3. The van der Waals surface area contributed by atoms with Gasteiger partial charge in [-0.3, -0.25) is 4.79 Å². The second-order valence-corrected chi connectivity index (χ2v) is 2.40. The molecule has 1 amide bonds. The summed E-state index contributed by atoms with van der Waals surface area (Å²) in [5, 5.41) is 3.10. The molecule has 0 saturated carbocycles. The average Bonchev–Trinajstić information content (AvgIpc) is 1.90. The molecule has 3 N–H and O–H groups in total. The van der Waals surface area contributed by atoms with Crippen LogP contribution < -0.4 is 11.1 Å². The third-order valence-corrected chi connectivity index (χ3v) is 1.64. The lowest BCUT2D eigenvalue weighted by Crippen LogP contribution is -2.26. The van der Waals surface area contributed by atoms with Gasteiger partial charge in [0.15, 0.2) is 0 Å². The summed E-state index contributed by atoms with van der Waals surface area (Å²) in [5.74, 6) is -0.214. The van der Waals surface area contributed by atoms with Gasteiger partial charge in [0.1, 0.15) is 0 Å².